The largest absolute Gasteiger partial charge is 0.481 e. The maximum atomic E-state index is 12.5. The van der Waals surface area contributed by atoms with Crippen LogP contribution in [0.15, 0.2) is 48.5 Å². The lowest BCUT2D eigenvalue weighted by Crippen LogP contribution is -2.42. The molecule has 2 atom stereocenters. The number of amides is 2. The Hall–Kier alpha value is -3.35. The minimum absolute atomic E-state index is 0.00711. The summed E-state index contributed by atoms with van der Waals surface area (Å²) in [5, 5.41) is 14.6. The molecular formula is C25H26N2O5. The van der Waals surface area contributed by atoms with Gasteiger partial charge in [0, 0.05) is 18.9 Å². The molecule has 0 radical (unpaired) electrons. The van der Waals surface area contributed by atoms with Crippen molar-refractivity contribution in [2.75, 3.05) is 13.2 Å². The van der Waals surface area contributed by atoms with Gasteiger partial charge >= 0.3 is 12.1 Å². The van der Waals surface area contributed by atoms with Crippen LogP contribution in [0, 0.1) is 11.8 Å². The highest BCUT2D eigenvalue weighted by molar-refractivity contribution is 5.81. The molecule has 0 aliphatic heterocycles. The molecular weight excluding hydrogens is 408 g/mol. The number of hydrogen-bond acceptors (Lipinski definition) is 4. The Labute approximate surface area is 186 Å². The monoisotopic (exact) mass is 434 g/mol. The van der Waals surface area contributed by atoms with Crippen molar-refractivity contribution in [1.82, 2.24) is 10.6 Å². The van der Waals surface area contributed by atoms with E-state index in [9.17, 15) is 14.4 Å². The van der Waals surface area contributed by atoms with Crippen LogP contribution in [0.2, 0.25) is 0 Å². The number of carboxylic acids is 1. The molecule has 3 aliphatic carbocycles. The van der Waals surface area contributed by atoms with E-state index in [2.05, 4.69) is 34.9 Å². The number of benzene rings is 2. The molecule has 2 fully saturated rings. The maximum Gasteiger partial charge on any atom is 0.407 e. The van der Waals surface area contributed by atoms with E-state index in [1.165, 1.54) is 11.1 Å². The third-order valence-electron chi connectivity index (χ3n) is 6.86. The summed E-state index contributed by atoms with van der Waals surface area (Å²) in [7, 11) is 0. The van der Waals surface area contributed by atoms with Crippen LogP contribution in [-0.4, -0.2) is 41.8 Å². The van der Waals surface area contributed by atoms with Crippen molar-refractivity contribution in [2.24, 2.45) is 11.8 Å². The molecule has 0 saturated heterocycles. The summed E-state index contributed by atoms with van der Waals surface area (Å²) in [6.07, 6.45) is 1.74. The number of carbonyl (C=O) groups is 3. The highest BCUT2D eigenvalue weighted by Crippen LogP contribution is 2.45. The normalized spacial score (nSPS) is 21.8. The van der Waals surface area contributed by atoms with Gasteiger partial charge in [0.2, 0.25) is 5.91 Å². The van der Waals surface area contributed by atoms with E-state index in [4.69, 9.17) is 9.84 Å². The lowest BCUT2D eigenvalue weighted by molar-refractivity contribution is -0.139. The van der Waals surface area contributed by atoms with Crippen LogP contribution in [0.25, 0.3) is 11.1 Å². The van der Waals surface area contributed by atoms with E-state index in [0.717, 1.165) is 24.0 Å². The van der Waals surface area contributed by atoms with Crippen LogP contribution in [0.1, 0.15) is 42.7 Å². The Morgan fingerprint density at radius 2 is 1.62 bits per heavy atom. The molecule has 0 heterocycles. The lowest BCUT2D eigenvalue weighted by atomic mass is 9.98. The molecule has 5 rings (SSSR count). The topological polar surface area (TPSA) is 105 Å². The number of rotatable bonds is 8. The summed E-state index contributed by atoms with van der Waals surface area (Å²) in [4.78, 5) is 35.7. The molecule has 7 nitrogen and oxygen atoms in total. The first-order chi connectivity index (χ1) is 15.5. The molecule has 0 bridgehead atoms. The number of ether oxygens (including phenoxy) is 1. The van der Waals surface area contributed by atoms with Gasteiger partial charge in [0.1, 0.15) is 6.61 Å². The molecule has 2 amide bonds. The van der Waals surface area contributed by atoms with Crippen LogP contribution in [-0.2, 0) is 14.3 Å². The van der Waals surface area contributed by atoms with Gasteiger partial charge in [-0.15, -0.1) is 0 Å². The van der Waals surface area contributed by atoms with Crippen molar-refractivity contribution in [2.45, 2.75) is 37.1 Å². The van der Waals surface area contributed by atoms with Crippen LogP contribution in [0.5, 0.6) is 0 Å². The first kappa shape index (κ1) is 20.5. The SMILES string of the molecule is O=C(CC1(NC(=O)OCC2c3ccccc3-c3ccccc32)CC1)NCC1CC1C(=O)O. The van der Waals surface area contributed by atoms with Gasteiger partial charge in [-0.05, 0) is 47.4 Å². The number of nitrogens with one attached hydrogen (secondary N) is 2. The van der Waals surface area contributed by atoms with Gasteiger partial charge in [-0.25, -0.2) is 4.79 Å². The van der Waals surface area contributed by atoms with Gasteiger partial charge in [-0.2, -0.15) is 0 Å². The molecule has 2 aromatic carbocycles. The molecule has 166 valence electrons. The van der Waals surface area contributed by atoms with Crippen LogP contribution >= 0.6 is 0 Å². The van der Waals surface area contributed by atoms with Crippen LogP contribution in [0.3, 0.4) is 0 Å². The number of fused-ring (bicyclic) bond motifs is 3. The average molecular weight is 434 g/mol. The highest BCUT2D eigenvalue weighted by atomic mass is 16.5. The minimum Gasteiger partial charge on any atom is -0.481 e. The van der Waals surface area contributed by atoms with Gasteiger partial charge in [0.15, 0.2) is 0 Å². The van der Waals surface area contributed by atoms with Crippen molar-refractivity contribution in [1.29, 1.82) is 0 Å². The van der Waals surface area contributed by atoms with Crippen LogP contribution in [0.4, 0.5) is 4.79 Å². The summed E-state index contributed by atoms with van der Waals surface area (Å²) >= 11 is 0. The molecule has 2 aromatic rings. The summed E-state index contributed by atoms with van der Waals surface area (Å²) in [5.74, 6) is -1.31. The van der Waals surface area contributed by atoms with Gasteiger partial charge < -0.3 is 20.5 Å². The molecule has 2 unspecified atom stereocenters. The fourth-order valence-corrected chi connectivity index (χ4v) is 4.74. The number of hydrogen-bond donors (Lipinski definition) is 3. The van der Waals surface area contributed by atoms with Gasteiger partial charge in [-0.3, -0.25) is 9.59 Å². The number of carbonyl (C=O) groups excluding carboxylic acids is 2. The van der Waals surface area contributed by atoms with Gasteiger partial charge in [0.05, 0.1) is 11.5 Å². The Morgan fingerprint density at radius 1 is 1.00 bits per heavy atom. The van der Waals surface area contributed by atoms with E-state index >= 15 is 0 Å². The second kappa shape index (κ2) is 7.97. The maximum absolute atomic E-state index is 12.5. The number of carboxylic acid groups (broad SMARTS) is 1. The van der Waals surface area contributed by atoms with Crippen molar-refractivity contribution in [3.05, 3.63) is 59.7 Å². The zero-order valence-corrected chi connectivity index (χ0v) is 17.7. The van der Waals surface area contributed by atoms with E-state index in [-0.39, 0.29) is 36.7 Å². The Kier molecular flexibility index (Phi) is 5.12. The standard InChI is InChI=1S/C25H26N2O5/c28-22(26-13-15-11-20(15)23(29)30)12-25(9-10-25)27-24(31)32-14-21-18-7-3-1-5-16(18)17-6-2-4-8-19(17)21/h1-8,15,20-21H,9-14H2,(H,26,28)(H,27,31)(H,29,30). The first-order valence-electron chi connectivity index (χ1n) is 11.1. The zero-order valence-electron chi connectivity index (χ0n) is 17.7. The Balaban J connectivity index is 1.13. The van der Waals surface area contributed by atoms with Gasteiger partial charge in [-0.1, -0.05) is 48.5 Å². The first-order valence-corrected chi connectivity index (χ1v) is 11.1. The minimum atomic E-state index is -0.806. The smallest absolute Gasteiger partial charge is 0.407 e. The summed E-state index contributed by atoms with van der Waals surface area (Å²) in [6, 6.07) is 16.3. The molecule has 0 spiro atoms. The highest BCUT2D eigenvalue weighted by Gasteiger charge is 2.47. The van der Waals surface area contributed by atoms with Crippen molar-refractivity contribution < 1.29 is 24.2 Å². The molecule has 0 aromatic heterocycles. The van der Waals surface area contributed by atoms with Crippen LogP contribution < -0.4 is 10.6 Å². The second-order valence-corrected chi connectivity index (χ2v) is 9.15. The fraction of sp³-hybridized carbons (Fsp3) is 0.400. The predicted molar refractivity (Wildman–Crippen MR) is 117 cm³/mol. The van der Waals surface area contributed by atoms with Gasteiger partial charge in [0.25, 0.3) is 0 Å². The third kappa shape index (κ3) is 4.07. The summed E-state index contributed by atoms with van der Waals surface area (Å²) in [6.45, 7) is 0.608. The van der Waals surface area contributed by atoms with E-state index < -0.39 is 17.6 Å². The molecule has 7 heteroatoms. The van der Waals surface area contributed by atoms with Crippen molar-refractivity contribution >= 4 is 18.0 Å². The Bertz CT molecular complexity index is 1030. The summed E-state index contributed by atoms with van der Waals surface area (Å²) < 4.78 is 5.60. The quantitative estimate of drug-likeness (QED) is 0.591. The third-order valence-corrected chi connectivity index (χ3v) is 6.86. The predicted octanol–water partition coefficient (Wildman–Crippen LogP) is 3.28. The van der Waals surface area contributed by atoms with Crippen molar-refractivity contribution in [3.8, 4) is 11.1 Å². The van der Waals surface area contributed by atoms with Crippen molar-refractivity contribution in [3.63, 3.8) is 0 Å². The molecule has 3 N–H and O–H groups in total. The average Bonchev–Trinajstić information content (AvgIpc) is 3.69. The molecule has 3 aliphatic rings. The molecule has 32 heavy (non-hydrogen) atoms. The number of alkyl carbamates (subject to hydrolysis) is 1. The fourth-order valence-electron chi connectivity index (χ4n) is 4.74. The lowest BCUT2D eigenvalue weighted by Gasteiger charge is -2.19. The summed E-state index contributed by atoms with van der Waals surface area (Å²) in [5.41, 5.74) is 4.10. The second-order valence-electron chi connectivity index (χ2n) is 9.15. The van der Waals surface area contributed by atoms with E-state index in [0.29, 0.717) is 13.0 Å². The van der Waals surface area contributed by atoms with E-state index in [1.807, 2.05) is 24.3 Å². The Morgan fingerprint density at radius 3 is 2.19 bits per heavy atom. The molecule has 2 saturated carbocycles. The zero-order chi connectivity index (χ0) is 22.3. The number of aliphatic carboxylic acids is 1. The van der Waals surface area contributed by atoms with E-state index in [1.54, 1.807) is 0 Å².